The van der Waals surface area contributed by atoms with Gasteiger partial charge in [-0.15, -0.1) is 11.3 Å². The summed E-state index contributed by atoms with van der Waals surface area (Å²) in [5.41, 5.74) is 0. The van der Waals surface area contributed by atoms with E-state index >= 15 is 0 Å². The second kappa shape index (κ2) is 7.96. The molecule has 0 aromatic carbocycles. The van der Waals surface area contributed by atoms with Gasteiger partial charge in [-0.1, -0.05) is 27.7 Å². The highest BCUT2D eigenvalue weighted by Gasteiger charge is 2.16. The summed E-state index contributed by atoms with van der Waals surface area (Å²) in [6, 6.07) is 5.10. The summed E-state index contributed by atoms with van der Waals surface area (Å²) in [4.78, 5) is 2.93. The first kappa shape index (κ1) is 15.7. The van der Waals surface area contributed by atoms with E-state index in [0.29, 0.717) is 6.04 Å². The first-order valence-electron chi connectivity index (χ1n) is 7.32. The van der Waals surface area contributed by atoms with Crippen molar-refractivity contribution in [3.05, 3.63) is 21.9 Å². The molecule has 1 nitrogen and oxygen atoms in total. The molecule has 0 aliphatic carbocycles. The SMILES string of the molecule is CCCNC(CC(C)CC(C)C)c1ccc(C)s1. The van der Waals surface area contributed by atoms with Gasteiger partial charge in [-0.3, -0.25) is 0 Å². The maximum absolute atomic E-state index is 3.71. The number of rotatable bonds is 8. The number of hydrogen-bond acceptors (Lipinski definition) is 2. The number of aryl methyl sites for hydroxylation is 1. The lowest BCUT2D eigenvalue weighted by atomic mass is 9.92. The smallest absolute Gasteiger partial charge is 0.0417 e. The standard InChI is InChI=1S/C16H29NS/c1-6-9-17-15(11-13(4)10-12(2)3)16-8-7-14(5)18-16/h7-8,12-13,15,17H,6,9-11H2,1-5H3. The van der Waals surface area contributed by atoms with Crippen LogP contribution in [0.25, 0.3) is 0 Å². The van der Waals surface area contributed by atoms with Crippen LogP contribution in [-0.2, 0) is 0 Å². The molecule has 0 saturated carbocycles. The quantitative estimate of drug-likeness (QED) is 0.685. The number of thiophene rings is 1. The van der Waals surface area contributed by atoms with Crippen molar-refractivity contribution in [3.8, 4) is 0 Å². The zero-order valence-corrected chi connectivity index (χ0v) is 13.4. The van der Waals surface area contributed by atoms with Crippen molar-refractivity contribution in [1.82, 2.24) is 5.32 Å². The third-order valence-corrected chi connectivity index (χ3v) is 4.37. The fourth-order valence-corrected chi connectivity index (χ4v) is 3.53. The average Bonchev–Trinajstić information content (AvgIpc) is 2.70. The van der Waals surface area contributed by atoms with Gasteiger partial charge in [0.1, 0.15) is 0 Å². The summed E-state index contributed by atoms with van der Waals surface area (Å²) in [6.45, 7) is 12.6. The minimum Gasteiger partial charge on any atom is -0.309 e. The van der Waals surface area contributed by atoms with Gasteiger partial charge in [0.25, 0.3) is 0 Å². The van der Waals surface area contributed by atoms with Crippen LogP contribution in [0.2, 0.25) is 0 Å². The van der Waals surface area contributed by atoms with E-state index < -0.39 is 0 Å². The lowest BCUT2D eigenvalue weighted by Crippen LogP contribution is -2.23. The van der Waals surface area contributed by atoms with E-state index in [1.54, 1.807) is 0 Å². The summed E-state index contributed by atoms with van der Waals surface area (Å²) in [5, 5.41) is 3.71. The molecule has 2 heteroatoms. The largest absolute Gasteiger partial charge is 0.309 e. The molecule has 0 radical (unpaired) electrons. The Morgan fingerprint density at radius 3 is 2.39 bits per heavy atom. The van der Waals surface area contributed by atoms with Crippen LogP contribution in [0, 0.1) is 18.8 Å². The van der Waals surface area contributed by atoms with Crippen molar-refractivity contribution in [3.63, 3.8) is 0 Å². The molecule has 0 bridgehead atoms. The predicted octanol–water partition coefficient (Wildman–Crippen LogP) is 5.17. The topological polar surface area (TPSA) is 12.0 Å². The highest BCUT2D eigenvalue weighted by Crippen LogP contribution is 2.29. The molecule has 0 amide bonds. The molecule has 0 spiro atoms. The average molecular weight is 267 g/mol. The predicted molar refractivity (Wildman–Crippen MR) is 83.3 cm³/mol. The third kappa shape index (κ3) is 5.53. The van der Waals surface area contributed by atoms with Crippen molar-refractivity contribution in [2.45, 2.75) is 59.9 Å². The molecule has 1 aromatic rings. The second-order valence-corrected chi connectivity index (χ2v) is 7.25. The van der Waals surface area contributed by atoms with Gasteiger partial charge in [0, 0.05) is 15.8 Å². The van der Waals surface area contributed by atoms with Crippen LogP contribution in [-0.4, -0.2) is 6.54 Å². The zero-order chi connectivity index (χ0) is 13.5. The van der Waals surface area contributed by atoms with E-state index in [0.717, 1.165) is 18.4 Å². The van der Waals surface area contributed by atoms with E-state index in [1.807, 2.05) is 11.3 Å². The third-order valence-electron chi connectivity index (χ3n) is 3.26. The van der Waals surface area contributed by atoms with Gasteiger partial charge in [0.15, 0.2) is 0 Å². The minimum absolute atomic E-state index is 0.553. The van der Waals surface area contributed by atoms with Crippen molar-refractivity contribution >= 4 is 11.3 Å². The van der Waals surface area contributed by atoms with E-state index in [2.05, 4.69) is 52.1 Å². The molecular formula is C16H29NS. The lowest BCUT2D eigenvalue weighted by molar-refractivity contribution is 0.359. The first-order chi connectivity index (χ1) is 8.52. The molecule has 2 atom stereocenters. The minimum atomic E-state index is 0.553. The Labute approximate surface area is 117 Å². The summed E-state index contributed by atoms with van der Waals surface area (Å²) >= 11 is 1.94. The molecule has 104 valence electrons. The molecule has 1 heterocycles. The van der Waals surface area contributed by atoms with Crippen LogP contribution in [0.4, 0.5) is 0 Å². The van der Waals surface area contributed by atoms with Gasteiger partial charge >= 0.3 is 0 Å². The van der Waals surface area contributed by atoms with Crippen molar-refractivity contribution in [2.75, 3.05) is 6.54 Å². The van der Waals surface area contributed by atoms with E-state index in [9.17, 15) is 0 Å². The molecule has 0 aliphatic heterocycles. The van der Waals surface area contributed by atoms with Gasteiger partial charge in [0.05, 0.1) is 0 Å². The Bertz CT molecular complexity index is 330. The van der Waals surface area contributed by atoms with Crippen molar-refractivity contribution in [1.29, 1.82) is 0 Å². The van der Waals surface area contributed by atoms with Crippen molar-refractivity contribution in [2.24, 2.45) is 11.8 Å². The molecule has 0 aliphatic rings. The highest BCUT2D eigenvalue weighted by atomic mass is 32.1. The van der Waals surface area contributed by atoms with Gasteiger partial charge in [-0.2, -0.15) is 0 Å². The maximum Gasteiger partial charge on any atom is 0.0417 e. The molecule has 18 heavy (non-hydrogen) atoms. The Morgan fingerprint density at radius 1 is 1.17 bits per heavy atom. The van der Waals surface area contributed by atoms with E-state index in [1.165, 1.54) is 29.0 Å². The van der Waals surface area contributed by atoms with Gasteiger partial charge in [-0.05, 0) is 56.7 Å². The molecule has 1 rings (SSSR count). The monoisotopic (exact) mass is 267 g/mol. The van der Waals surface area contributed by atoms with Crippen LogP contribution in [0.15, 0.2) is 12.1 Å². The van der Waals surface area contributed by atoms with Gasteiger partial charge < -0.3 is 5.32 Å². The Balaban J connectivity index is 2.60. The molecule has 0 fully saturated rings. The molecule has 0 saturated heterocycles. The first-order valence-corrected chi connectivity index (χ1v) is 8.14. The fourth-order valence-electron chi connectivity index (χ4n) is 2.56. The fraction of sp³-hybridized carbons (Fsp3) is 0.750. The molecule has 1 N–H and O–H groups in total. The summed E-state index contributed by atoms with van der Waals surface area (Å²) in [7, 11) is 0. The number of hydrogen-bond donors (Lipinski definition) is 1. The van der Waals surface area contributed by atoms with Gasteiger partial charge in [0.2, 0.25) is 0 Å². The summed E-state index contributed by atoms with van der Waals surface area (Å²) < 4.78 is 0. The van der Waals surface area contributed by atoms with Crippen LogP contribution in [0.1, 0.15) is 62.8 Å². The van der Waals surface area contributed by atoms with Crippen molar-refractivity contribution < 1.29 is 0 Å². The lowest BCUT2D eigenvalue weighted by Gasteiger charge is -2.22. The molecule has 2 unspecified atom stereocenters. The summed E-state index contributed by atoms with van der Waals surface area (Å²) in [6.07, 6.45) is 3.80. The number of nitrogens with one attached hydrogen (secondary N) is 1. The van der Waals surface area contributed by atoms with Crippen LogP contribution < -0.4 is 5.32 Å². The van der Waals surface area contributed by atoms with Crippen LogP contribution >= 0.6 is 11.3 Å². The van der Waals surface area contributed by atoms with E-state index in [4.69, 9.17) is 0 Å². The Hall–Kier alpha value is -0.340. The normalized spacial score (nSPS) is 15.0. The highest BCUT2D eigenvalue weighted by molar-refractivity contribution is 7.12. The van der Waals surface area contributed by atoms with E-state index in [-0.39, 0.29) is 0 Å². The molecule has 1 aromatic heterocycles. The Kier molecular flexibility index (Phi) is 6.95. The molecular weight excluding hydrogens is 238 g/mol. The van der Waals surface area contributed by atoms with Crippen LogP contribution in [0.5, 0.6) is 0 Å². The second-order valence-electron chi connectivity index (χ2n) is 5.93. The zero-order valence-electron chi connectivity index (χ0n) is 12.6. The Morgan fingerprint density at radius 2 is 1.89 bits per heavy atom. The van der Waals surface area contributed by atoms with Crippen LogP contribution in [0.3, 0.4) is 0 Å². The van der Waals surface area contributed by atoms with Gasteiger partial charge in [-0.25, -0.2) is 0 Å². The maximum atomic E-state index is 3.71. The summed E-state index contributed by atoms with van der Waals surface area (Å²) in [5.74, 6) is 1.60.